The minimum atomic E-state index is -2.65. The van der Waals surface area contributed by atoms with E-state index >= 15 is 0 Å². The van der Waals surface area contributed by atoms with Crippen LogP contribution in [0.5, 0.6) is 0 Å². The molecule has 0 fully saturated rings. The van der Waals surface area contributed by atoms with Crippen molar-refractivity contribution < 1.29 is 0 Å². The highest BCUT2D eigenvalue weighted by Gasteiger charge is 2.52. The molecule has 0 bridgehead atoms. The summed E-state index contributed by atoms with van der Waals surface area (Å²) in [5.74, 6) is 0. The first kappa shape index (κ1) is 40.5. The lowest BCUT2D eigenvalue weighted by Gasteiger charge is -2.32. The lowest BCUT2D eigenvalue weighted by atomic mass is 9.70. The Labute approximate surface area is 411 Å². The highest BCUT2D eigenvalue weighted by molar-refractivity contribution is 7.22. The van der Waals surface area contributed by atoms with Gasteiger partial charge in [-0.2, -0.15) is 0 Å². The lowest BCUT2D eigenvalue weighted by molar-refractivity contribution is 0.794. The van der Waals surface area contributed by atoms with Crippen molar-refractivity contribution >= 4 is 45.9 Å². The van der Waals surface area contributed by atoms with Crippen molar-refractivity contribution in [3.8, 4) is 55.6 Å². The summed E-state index contributed by atoms with van der Waals surface area (Å²) in [5, 5.41) is 5.73. The van der Waals surface area contributed by atoms with Crippen LogP contribution < -0.4 is 25.6 Å². The molecule has 0 unspecified atom stereocenters. The summed E-state index contributed by atoms with van der Waals surface area (Å²) in [6.07, 6.45) is 0. The molecule has 70 heavy (non-hydrogen) atoms. The van der Waals surface area contributed by atoms with Gasteiger partial charge in [0.25, 0.3) is 0 Å². The monoisotopic (exact) mass is 905 g/mol. The molecule has 2 heteroatoms. The Kier molecular flexibility index (Phi) is 9.11. The predicted octanol–water partition coefficient (Wildman–Crippen LogP) is 14.5. The third kappa shape index (κ3) is 5.66. The van der Waals surface area contributed by atoms with Crippen LogP contribution in [0.4, 0.5) is 17.1 Å². The predicted molar refractivity (Wildman–Crippen MR) is 296 cm³/mol. The van der Waals surface area contributed by atoms with E-state index in [2.05, 4.69) is 279 Å². The highest BCUT2D eigenvalue weighted by Crippen LogP contribution is 2.64. The number of aryl methyl sites for hydroxylation is 1. The molecule has 11 aromatic rings. The third-order valence-corrected chi connectivity index (χ3v) is 20.6. The van der Waals surface area contributed by atoms with Gasteiger partial charge < -0.3 is 4.90 Å². The van der Waals surface area contributed by atoms with Crippen LogP contribution in [-0.4, -0.2) is 8.07 Å². The first-order chi connectivity index (χ1) is 34.7. The van der Waals surface area contributed by atoms with Gasteiger partial charge in [0, 0.05) is 16.9 Å². The van der Waals surface area contributed by atoms with Crippen LogP contribution in [0.1, 0.15) is 27.8 Å². The van der Waals surface area contributed by atoms with Gasteiger partial charge in [-0.15, -0.1) is 0 Å². The van der Waals surface area contributed by atoms with Gasteiger partial charge in [-0.1, -0.05) is 237 Å². The largest absolute Gasteiger partial charge is 0.310 e. The van der Waals surface area contributed by atoms with Crippen molar-refractivity contribution in [2.45, 2.75) is 12.3 Å². The molecule has 1 nitrogen and oxygen atoms in total. The number of fused-ring (bicyclic) bond motifs is 13. The molecular formula is C68H47NSi. The Morgan fingerprint density at radius 3 is 1.44 bits per heavy atom. The number of hydrogen-bond donors (Lipinski definition) is 0. The standard InChI is InChI=1S/C68H47NSi/c1-46-44-51(42-43-54(46)48-20-4-2-5-21-48)69(64-35-19-34-63-67(64)59-30-10-15-33-62(59)68(63)60-31-13-8-26-55(60)56-27-9-14-32-61(56)68)50-40-38-47(39-41-50)49-22-18-25-53(45-49)70(52-23-6-3-7-24-52)65-36-16-11-28-57(65)58-29-12-17-37-66(58)70/h2-45H,1H3. The van der Waals surface area contributed by atoms with Crippen LogP contribution in [0.2, 0.25) is 0 Å². The van der Waals surface area contributed by atoms with Crippen LogP contribution in [0, 0.1) is 6.92 Å². The molecule has 0 saturated carbocycles. The molecule has 3 aliphatic rings. The van der Waals surface area contributed by atoms with E-state index in [1.807, 2.05) is 0 Å². The van der Waals surface area contributed by atoms with Gasteiger partial charge in [-0.25, -0.2) is 0 Å². The lowest BCUT2D eigenvalue weighted by Crippen LogP contribution is -2.72. The molecule has 1 spiro atoms. The van der Waals surface area contributed by atoms with Crippen molar-refractivity contribution in [2.75, 3.05) is 4.90 Å². The van der Waals surface area contributed by atoms with Gasteiger partial charge in [0.15, 0.2) is 8.07 Å². The number of nitrogens with zero attached hydrogens (tertiary/aromatic N) is 1. The Balaban J connectivity index is 0.950. The Morgan fingerprint density at radius 2 is 0.800 bits per heavy atom. The van der Waals surface area contributed by atoms with Crippen LogP contribution in [0.15, 0.2) is 267 Å². The van der Waals surface area contributed by atoms with Crippen LogP contribution in [0.3, 0.4) is 0 Å². The molecule has 14 rings (SSSR count). The van der Waals surface area contributed by atoms with E-state index < -0.39 is 13.5 Å². The zero-order valence-corrected chi connectivity index (χ0v) is 39.9. The van der Waals surface area contributed by atoms with Crippen molar-refractivity contribution in [1.82, 2.24) is 0 Å². The maximum Gasteiger partial charge on any atom is 0.180 e. The van der Waals surface area contributed by atoms with Crippen molar-refractivity contribution in [3.63, 3.8) is 0 Å². The first-order valence-electron chi connectivity index (χ1n) is 24.5. The fourth-order valence-corrected chi connectivity index (χ4v) is 18.1. The molecule has 11 aromatic carbocycles. The molecule has 0 saturated heterocycles. The summed E-state index contributed by atoms with van der Waals surface area (Å²) >= 11 is 0. The Bertz CT molecular complexity index is 3760. The van der Waals surface area contributed by atoms with E-state index in [1.54, 1.807) is 0 Å². The molecule has 0 atom stereocenters. The average molecular weight is 906 g/mol. The number of anilines is 3. The summed E-state index contributed by atoms with van der Waals surface area (Å²) in [4.78, 5) is 2.51. The summed E-state index contributed by atoms with van der Waals surface area (Å²) in [7, 11) is -2.65. The van der Waals surface area contributed by atoms with E-state index in [0.717, 1.165) is 11.4 Å². The van der Waals surface area contributed by atoms with Crippen LogP contribution in [-0.2, 0) is 5.41 Å². The minimum absolute atomic E-state index is 0.441. The van der Waals surface area contributed by atoms with Crippen LogP contribution >= 0.6 is 0 Å². The van der Waals surface area contributed by atoms with Gasteiger partial charge in [-0.3, -0.25) is 0 Å². The molecule has 0 aromatic heterocycles. The second-order valence-corrected chi connectivity index (χ2v) is 22.9. The fourth-order valence-electron chi connectivity index (χ4n) is 12.9. The molecular weight excluding hydrogens is 859 g/mol. The average Bonchev–Trinajstić information content (AvgIpc) is 4.03. The van der Waals surface area contributed by atoms with E-state index in [-0.39, 0.29) is 0 Å². The zero-order chi connectivity index (χ0) is 46.4. The molecule has 328 valence electrons. The SMILES string of the molecule is Cc1cc(N(c2ccc(-c3cccc([Si]4(c5ccccc5)c5ccccc5-c5ccccc54)c3)cc2)c2cccc3c2-c2ccccc2C32c3ccccc3-c3ccccc32)ccc1-c1ccccc1. The minimum Gasteiger partial charge on any atom is -0.310 e. The normalized spacial score (nSPS) is 13.7. The number of hydrogen-bond acceptors (Lipinski definition) is 1. The molecule has 1 aliphatic heterocycles. The quantitative estimate of drug-likeness (QED) is 0.144. The number of benzene rings is 11. The summed E-state index contributed by atoms with van der Waals surface area (Å²) in [5.41, 5.74) is 22.3. The van der Waals surface area contributed by atoms with Gasteiger partial charge >= 0.3 is 0 Å². The van der Waals surface area contributed by atoms with Crippen molar-refractivity contribution in [1.29, 1.82) is 0 Å². The topological polar surface area (TPSA) is 3.24 Å². The molecule has 2 aliphatic carbocycles. The van der Waals surface area contributed by atoms with Gasteiger partial charge in [0.2, 0.25) is 0 Å². The van der Waals surface area contributed by atoms with E-state index in [9.17, 15) is 0 Å². The summed E-state index contributed by atoms with van der Waals surface area (Å²) in [6.45, 7) is 2.25. The van der Waals surface area contributed by atoms with Crippen molar-refractivity contribution in [3.05, 3.63) is 295 Å². The second-order valence-electron chi connectivity index (χ2n) is 19.1. The molecule has 0 radical (unpaired) electrons. The second kappa shape index (κ2) is 15.7. The molecule has 0 N–H and O–H groups in total. The Hall–Kier alpha value is -8.56. The maximum absolute atomic E-state index is 2.65. The number of rotatable bonds is 7. The maximum atomic E-state index is 2.51. The van der Waals surface area contributed by atoms with Gasteiger partial charge in [-0.05, 0) is 136 Å². The molecule has 0 amide bonds. The first-order valence-corrected chi connectivity index (χ1v) is 26.5. The van der Waals surface area contributed by atoms with Gasteiger partial charge in [0.1, 0.15) is 0 Å². The summed E-state index contributed by atoms with van der Waals surface area (Å²) in [6, 6.07) is 100. The highest BCUT2D eigenvalue weighted by atomic mass is 28.3. The zero-order valence-electron chi connectivity index (χ0n) is 38.9. The summed E-state index contributed by atoms with van der Waals surface area (Å²) < 4.78 is 0. The van der Waals surface area contributed by atoms with Crippen molar-refractivity contribution in [2.24, 2.45) is 0 Å². The van der Waals surface area contributed by atoms with E-state index in [1.165, 1.54) is 110 Å². The smallest absolute Gasteiger partial charge is 0.180 e. The van der Waals surface area contributed by atoms with E-state index in [0.29, 0.717) is 0 Å². The molecule has 1 heterocycles. The van der Waals surface area contributed by atoms with Crippen LogP contribution in [0.25, 0.3) is 55.6 Å². The fraction of sp³-hybridized carbons (Fsp3) is 0.0294. The third-order valence-electron chi connectivity index (χ3n) is 15.7. The Morgan fingerprint density at radius 1 is 0.314 bits per heavy atom. The van der Waals surface area contributed by atoms with E-state index in [4.69, 9.17) is 0 Å². The van der Waals surface area contributed by atoms with Gasteiger partial charge in [0.05, 0.1) is 11.1 Å².